The van der Waals surface area contributed by atoms with Crippen LogP contribution in [0.25, 0.3) is 0 Å². The third kappa shape index (κ3) is 13.1. The summed E-state index contributed by atoms with van der Waals surface area (Å²) in [6.07, 6.45) is 3.07. The molecule has 0 saturated heterocycles. The number of hydrogen-bond acceptors (Lipinski definition) is 8. The first kappa shape index (κ1) is 44.4. The van der Waals surface area contributed by atoms with Crippen LogP contribution in [0.3, 0.4) is 0 Å². The van der Waals surface area contributed by atoms with Crippen LogP contribution >= 0.6 is 11.6 Å². The second-order valence-corrected chi connectivity index (χ2v) is 16.9. The van der Waals surface area contributed by atoms with Gasteiger partial charge in [-0.25, -0.2) is 8.42 Å². The van der Waals surface area contributed by atoms with Gasteiger partial charge in [0.05, 0.1) is 36.3 Å². The number of halogens is 1. The number of aromatic nitrogens is 1. The second kappa shape index (κ2) is 20.2. The molecule has 4 N–H and O–H groups in total. The molecule has 0 spiro atoms. The summed E-state index contributed by atoms with van der Waals surface area (Å²) in [5, 5.41) is 12.5. The summed E-state index contributed by atoms with van der Waals surface area (Å²) in [7, 11) is -0.750. The molecule has 0 aliphatic rings. The highest BCUT2D eigenvalue weighted by molar-refractivity contribution is 7.92. The van der Waals surface area contributed by atoms with Crippen LogP contribution in [0.15, 0.2) is 97.2 Å². The number of carbonyl (C=O) groups is 4. The molecule has 0 bridgehead atoms. The predicted octanol–water partition coefficient (Wildman–Crippen LogP) is 4.74. The maximum absolute atomic E-state index is 14.0. The minimum absolute atomic E-state index is 0.0560. The van der Waals surface area contributed by atoms with Gasteiger partial charge in [0.15, 0.2) is 0 Å². The van der Waals surface area contributed by atoms with Crippen molar-refractivity contribution in [1.82, 2.24) is 31.2 Å². The number of pyridine rings is 1. The lowest BCUT2D eigenvalue weighted by Crippen LogP contribution is -2.55. The fraction of sp³-hybridized carbons (Fsp3) is 0.357. The van der Waals surface area contributed by atoms with Crippen molar-refractivity contribution in [2.24, 2.45) is 5.92 Å². The monoisotopic (exact) mass is 817 g/mol. The van der Waals surface area contributed by atoms with Crippen molar-refractivity contribution in [3.63, 3.8) is 0 Å². The van der Waals surface area contributed by atoms with E-state index in [0.717, 1.165) is 27.4 Å². The van der Waals surface area contributed by atoms with E-state index in [0.29, 0.717) is 11.4 Å². The summed E-state index contributed by atoms with van der Waals surface area (Å²) in [4.78, 5) is 60.3. The first-order valence-corrected chi connectivity index (χ1v) is 20.8. The van der Waals surface area contributed by atoms with Gasteiger partial charge >= 0.3 is 0 Å². The second-order valence-electron chi connectivity index (χ2n) is 14.5. The molecule has 1 aromatic heterocycles. The molecule has 4 amide bonds. The molecule has 0 radical (unpaired) electrons. The number of benzene rings is 3. The lowest BCUT2D eigenvalue weighted by Gasteiger charge is -2.28. The summed E-state index contributed by atoms with van der Waals surface area (Å²) < 4.78 is 26.1. The van der Waals surface area contributed by atoms with Crippen molar-refractivity contribution in [3.05, 3.63) is 130 Å². The summed E-state index contributed by atoms with van der Waals surface area (Å²) in [6, 6.07) is 23.7. The number of anilines is 1. The lowest BCUT2D eigenvalue weighted by atomic mass is 10.0. The van der Waals surface area contributed by atoms with E-state index < -0.39 is 51.9 Å². The van der Waals surface area contributed by atoms with Gasteiger partial charge in [-0.2, -0.15) is 0 Å². The Balaban J connectivity index is 1.52. The van der Waals surface area contributed by atoms with Crippen LogP contribution in [0.4, 0.5) is 5.69 Å². The van der Waals surface area contributed by atoms with Gasteiger partial charge in [0.25, 0.3) is 11.8 Å². The highest BCUT2D eigenvalue weighted by atomic mass is 35.5. The Morgan fingerprint density at radius 2 is 1.44 bits per heavy atom. The number of carbonyl (C=O) groups excluding carboxylic acids is 4. The fourth-order valence-electron chi connectivity index (χ4n) is 5.98. The van der Waals surface area contributed by atoms with E-state index in [1.54, 1.807) is 51.4 Å². The molecule has 0 unspecified atom stereocenters. The Morgan fingerprint density at radius 1 is 0.789 bits per heavy atom. The predicted molar refractivity (Wildman–Crippen MR) is 223 cm³/mol. The van der Waals surface area contributed by atoms with Crippen molar-refractivity contribution in [2.75, 3.05) is 31.2 Å². The highest BCUT2D eigenvalue weighted by Crippen LogP contribution is 2.23. The Hall–Kier alpha value is -5.31. The van der Waals surface area contributed by atoms with Crippen molar-refractivity contribution in [2.45, 2.75) is 64.8 Å². The van der Waals surface area contributed by atoms with Crippen LogP contribution in [0.2, 0.25) is 5.02 Å². The number of sulfonamides is 1. The summed E-state index contributed by atoms with van der Waals surface area (Å²) in [5.41, 5.74) is 2.65. The zero-order valence-electron chi connectivity index (χ0n) is 33.3. The Labute approximate surface area is 340 Å². The highest BCUT2D eigenvalue weighted by Gasteiger charge is 2.29. The minimum Gasteiger partial charge on any atom is -0.348 e. The molecule has 13 nitrogen and oxygen atoms in total. The number of nitrogens with one attached hydrogen (secondary N) is 4. The third-order valence-electron chi connectivity index (χ3n) is 9.46. The molecular formula is C42H52ClN7O6S. The van der Waals surface area contributed by atoms with Crippen LogP contribution in [0.1, 0.15) is 71.3 Å². The Morgan fingerprint density at radius 3 is 2.04 bits per heavy atom. The first-order valence-electron chi connectivity index (χ1n) is 18.6. The largest absolute Gasteiger partial charge is 0.348 e. The van der Waals surface area contributed by atoms with E-state index in [2.05, 4.69) is 26.3 Å². The lowest BCUT2D eigenvalue weighted by molar-refractivity contribution is -0.137. The molecule has 1 heterocycles. The van der Waals surface area contributed by atoms with Crippen molar-refractivity contribution in [1.29, 1.82) is 0 Å². The fourth-order valence-corrected chi connectivity index (χ4v) is 6.67. The maximum Gasteiger partial charge on any atom is 0.251 e. The van der Waals surface area contributed by atoms with Gasteiger partial charge in [-0.15, -0.1) is 0 Å². The van der Waals surface area contributed by atoms with Crippen LogP contribution in [-0.4, -0.2) is 87.0 Å². The zero-order valence-corrected chi connectivity index (χ0v) is 34.9. The minimum atomic E-state index is -3.76. The molecule has 4 atom stereocenters. The first-order chi connectivity index (χ1) is 26.9. The van der Waals surface area contributed by atoms with Crippen LogP contribution in [0, 0.1) is 5.92 Å². The Bertz CT molecular complexity index is 2120. The number of rotatable bonds is 18. The van der Waals surface area contributed by atoms with Crippen molar-refractivity contribution >= 4 is 50.9 Å². The van der Waals surface area contributed by atoms with Gasteiger partial charge in [0, 0.05) is 49.0 Å². The molecule has 0 aliphatic carbocycles. The van der Waals surface area contributed by atoms with E-state index in [-0.39, 0.29) is 41.7 Å². The summed E-state index contributed by atoms with van der Waals surface area (Å²) >= 11 is 6.16. The molecule has 3 aromatic carbocycles. The molecule has 57 heavy (non-hydrogen) atoms. The normalized spacial score (nSPS) is 13.5. The van der Waals surface area contributed by atoms with Gasteiger partial charge in [-0.05, 0) is 79.8 Å². The molecule has 4 aromatic rings. The van der Waals surface area contributed by atoms with Gasteiger partial charge in [-0.3, -0.25) is 28.5 Å². The number of nitrogens with zero attached hydrogens (tertiary/aromatic N) is 3. The quantitative estimate of drug-likeness (QED) is 0.112. The average molecular weight is 818 g/mol. The van der Waals surface area contributed by atoms with E-state index in [1.165, 1.54) is 30.1 Å². The number of likely N-dealkylation sites (N-methyl/N-ethyl adjacent to an activating group) is 1. The van der Waals surface area contributed by atoms with Crippen LogP contribution in [-0.2, 0) is 32.6 Å². The SMILES string of the molecule is CC(C)[C@H](NC(=O)[C@H](C)NC[C@H](Cc1ccccc1)NC(=O)c1cc(C(=O)N[C@H](C)c2cccc(Cl)c2)cc(N(C)S(C)(=O)=O)c1)C(=O)N(C)Cc1ccccn1. The molecular weight excluding hydrogens is 766 g/mol. The van der Waals surface area contributed by atoms with E-state index in [9.17, 15) is 27.6 Å². The zero-order chi connectivity index (χ0) is 41.9. The van der Waals surface area contributed by atoms with E-state index in [4.69, 9.17) is 11.6 Å². The average Bonchev–Trinajstić information content (AvgIpc) is 3.18. The van der Waals surface area contributed by atoms with E-state index in [1.807, 2.05) is 62.4 Å². The molecule has 15 heteroatoms. The van der Waals surface area contributed by atoms with Gasteiger partial charge in [0.1, 0.15) is 6.04 Å². The smallest absolute Gasteiger partial charge is 0.251 e. The summed E-state index contributed by atoms with van der Waals surface area (Å²) in [6.45, 7) is 7.62. The summed E-state index contributed by atoms with van der Waals surface area (Å²) in [5.74, 6) is -1.92. The molecule has 0 fully saturated rings. The molecule has 304 valence electrons. The number of hydrogen-bond donors (Lipinski definition) is 4. The Kier molecular flexibility index (Phi) is 15.7. The third-order valence-corrected chi connectivity index (χ3v) is 10.9. The van der Waals surface area contributed by atoms with Gasteiger partial charge in [-0.1, -0.05) is 74.0 Å². The topological polar surface area (TPSA) is 170 Å². The molecule has 0 aliphatic heterocycles. The van der Waals surface area contributed by atoms with Gasteiger partial charge < -0.3 is 26.2 Å². The van der Waals surface area contributed by atoms with E-state index >= 15 is 0 Å². The maximum atomic E-state index is 14.0. The van der Waals surface area contributed by atoms with Crippen molar-refractivity contribution < 1.29 is 27.6 Å². The number of amides is 4. The molecule has 0 saturated carbocycles. The molecule has 4 rings (SSSR count). The van der Waals surface area contributed by atoms with Crippen LogP contribution < -0.4 is 25.6 Å². The van der Waals surface area contributed by atoms with Gasteiger partial charge in [0.2, 0.25) is 21.8 Å². The van der Waals surface area contributed by atoms with Crippen LogP contribution in [0.5, 0.6) is 0 Å². The van der Waals surface area contributed by atoms with Crippen molar-refractivity contribution in [3.8, 4) is 0 Å². The standard InChI is InChI=1S/C42H52ClN7O6S/c1-27(2)38(42(54)49(5)26-35-18-11-12-19-44-35)48-39(51)29(4)45-25-36(20-30-14-9-8-10-15-30)47-41(53)33-21-32(23-37(24-33)50(6)57(7,55)56)40(52)46-28(3)31-16-13-17-34(43)22-31/h8-19,21-24,27-29,36,38,45H,20,25-26H2,1-7H3,(H,46,52)(H,47,53)(H,48,51)/t28-,29+,36+,38+/m1/s1.